The number of carbonyl (C=O) groups excluding carboxylic acids is 3. The van der Waals surface area contributed by atoms with Gasteiger partial charge in [0.2, 0.25) is 0 Å². The summed E-state index contributed by atoms with van der Waals surface area (Å²) in [6.07, 6.45) is -8.88. The first-order chi connectivity index (χ1) is 21.5. The predicted molar refractivity (Wildman–Crippen MR) is 162 cm³/mol. The average molecular weight is 693 g/mol. The molecule has 1 aromatic heterocycles. The molecule has 15 heteroatoms. The van der Waals surface area contributed by atoms with Crippen molar-refractivity contribution in [2.24, 2.45) is 0 Å². The van der Waals surface area contributed by atoms with Crippen LogP contribution in [0.5, 0.6) is 17.2 Å². The molecule has 0 bridgehead atoms. The quantitative estimate of drug-likeness (QED) is 0.116. The van der Waals surface area contributed by atoms with Crippen molar-refractivity contribution in [3.05, 3.63) is 74.3 Å². The van der Waals surface area contributed by atoms with Crippen molar-refractivity contribution in [3.8, 4) is 28.4 Å². The molecule has 256 valence electrons. The van der Waals surface area contributed by atoms with Gasteiger partial charge in [-0.1, -0.05) is 0 Å². The van der Waals surface area contributed by atoms with Gasteiger partial charge >= 0.3 is 18.0 Å². The number of aromatic hydroxyl groups is 1. The zero-order chi connectivity index (χ0) is 36.4. The summed E-state index contributed by atoms with van der Waals surface area (Å²) in [6, 6.07) is 6.67. The summed E-state index contributed by atoms with van der Waals surface area (Å²) in [4.78, 5) is 43.3. The Morgan fingerprint density at radius 2 is 1.17 bits per heavy atom. The molecular formula is C32H31ClF6O8. The van der Waals surface area contributed by atoms with E-state index >= 15 is 0 Å². The van der Waals surface area contributed by atoms with Gasteiger partial charge in [-0.25, -0.2) is 9.59 Å². The Bertz CT molecular complexity index is 1670. The number of aryl methyl sites for hydroxylation is 5. The van der Waals surface area contributed by atoms with Crippen molar-refractivity contribution in [2.45, 2.75) is 60.8 Å². The third kappa shape index (κ3) is 13.4. The fourth-order valence-electron chi connectivity index (χ4n) is 4.15. The number of ether oxygens (including phenoxy) is 2. The Balaban J connectivity index is 0.000000425. The molecule has 1 heterocycles. The molecule has 0 atom stereocenters. The van der Waals surface area contributed by atoms with Crippen molar-refractivity contribution in [2.75, 3.05) is 13.2 Å². The molecule has 0 fully saturated rings. The first-order valence-electron chi connectivity index (χ1n) is 13.4. The maximum Gasteiger partial charge on any atom is 0.422 e. The second-order valence-corrected chi connectivity index (χ2v) is 10.6. The number of allylic oxidation sites excluding steroid dienone is 1. The van der Waals surface area contributed by atoms with Gasteiger partial charge in [0.05, 0.1) is 0 Å². The van der Waals surface area contributed by atoms with Crippen molar-refractivity contribution < 1.29 is 59.7 Å². The lowest BCUT2D eigenvalue weighted by Gasteiger charge is -2.15. The highest BCUT2D eigenvalue weighted by Gasteiger charge is 2.29. The van der Waals surface area contributed by atoms with E-state index in [-0.39, 0.29) is 45.5 Å². The summed E-state index contributed by atoms with van der Waals surface area (Å²) in [5.74, 6) is 1.66. The zero-order valence-corrected chi connectivity index (χ0v) is 27.0. The van der Waals surface area contributed by atoms with Gasteiger partial charge in [-0.15, -0.1) is 0 Å². The van der Waals surface area contributed by atoms with Crippen LogP contribution in [0.4, 0.5) is 26.3 Å². The van der Waals surface area contributed by atoms with Crippen LogP contribution in [0.3, 0.4) is 0 Å². The normalized spacial score (nSPS) is 10.9. The molecule has 0 spiro atoms. The van der Waals surface area contributed by atoms with Crippen molar-refractivity contribution in [1.82, 2.24) is 0 Å². The van der Waals surface area contributed by atoms with Crippen LogP contribution in [-0.2, 0) is 14.4 Å². The van der Waals surface area contributed by atoms with Gasteiger partial charge in [0.15, 0.2) is 13.2 Å². The van der Waals surface area contributed by atoms with Gasteiger partial charge in [-0.2, -0.15) is 26.3 Å². The summed E-state index contributed by atoms with van der Waals surface area (Å²) in [5, 5.41) is 9.04. The van der Waals surface area contributed by atoms with Crippen LogP contribution in [0.1, 0.15) is 47.4 Å². The van der Waals surface area contributed by atoms with Gasteiger partial charge in [-0.3, -0.25) is 4.79 Å². The largest absolute Gasteiger partial charge is 0.507 e. The van der Waals surface area contributed by atoms with Crippen LogP contribution < -0.4 is 15.1 Å². The second-order valence-electron chi connectivity index (χ2n) is 10.2. The molecule has 1 N–H and O–H groups in total. The highest BCUT2D eigenvalue weighted by Crippen LogP contribution is 2.35. The summed E-state index contributed by atoms with van der Waals surface area (Å²) < 4.78 is 87.2. The maximum absolute atomic E-state index is 12.2. The fraction of sp³-hybridized carbons (Fsp3) is 0.344. The number of rotatable bonds is 7. The lowest BCUT2D eigenvalue weighted by atomic mass is 9.96. The van der Waals surface area contributed by atoms with E-state index in [1.54, 1.807) is 13.8 Å². The van der Waals surface area contributed by atoms with E-state index in [4.69, 9.17) is 20.8 Å². The van der Waals surface area contributed by atoms with Crippen LogP contribution in [0.15, 0.2) is 39.5 Å². The average Bonchev–Trinajstić information content (AvgIpc) is 2.88. The number of ketones is 1. The van der Waals surface area contributed by atoms with Gasteiger partial charge in [0, 0.05) is 11.6 Å². The Hall–Kier alpha value is -4.55. The molecule has 0 amide bonds. The molecule has 0 saturated heterocycles. The Kier molecular flexibility index (Phi) is 14.5. The number of carbonyl (C=O) groups is 2. The van der Waals surface area contributed by atoms with E-state index in [0.717, 1.165) is 0 Å². The third-order valence-corrected chi connectivity index (χ3v) is 5.86. The Morgan fingerprint density at radius 3 is 1.49 bits per heavy atom. The number of halogens is 7. The Labute approximate surface area is 270 Å². The predicted octanol–water partition coefficient (Wildman–Crippen LogP) is 7.70. The minimum absolute atomic E-state index is 0.00616. The topological polar surface area (TPSA) is 120 Å². The van der Waals surface area contributed by atoms with E-state index in [0.29, 0.717) is 27.8 Å². The first-order valence-corrected chi connectivity index (χ1v) is 13.7. The monoisotopic (exact) mass is 692 g/mol. The van der Waals surface area contributed by atoms with E-state index in [2.05, 4.69) is 4.74 Å². The Morgan fingerprint density at radius 1 is 0.787 bits per heavy atom. The highest BCUT2D eigenvalue weighted by atomic mass is 35.5. The number of hydrogen-bond acceptors (Lipinski definition) is 8. The number of Topliss-reactive ketones (excluding diaryl/α,β-unsaturated/α-hetero) is 1. The van der Waals surface area contributed by atoms with Crippen molar-refractivity contribution >= 4 is 34.1 Å². The number of hydrogen-bond donors (Lipinski definition) is 1. The molecule has 3 rings (SSSR count). The number of alkyl halides is 6. The minimum Gasteiger partial charge on any atom is -0.507 e. The van der Waals surface area contributed by atoms with Crippen LogP contribution in [-0.4, -0.2) is 47.6 Å². The smallest absolute Gasteiger partial charge is 0.422 e. The molecule has 0 aliphatic carbocycles. The van der Waals surface area contributed by atoms with Crippen molar-refractivity contribution in [3.63, 3.8) is 0 Å². The summed E-state index contributed by atoms with van der Waals surface area (Å²) in [5.41, 5.74) is 1.36. The molecular weight excluding hydrogens is 662 g/mol. The standard InChI is InChI=1S/C16H15F3O4.C13H10ClF3O3.C3H6O/c1-8-4-11(22-7-16(17,18)19)5-9(2)13(8)14-12(20)6-10(3)23-15(14)21;1-7-3-9(20-6-13(15,16)17)4-8(2)11(7)10(5-18)12(14)19;1-3(2)4/h4-6,20H,7H2,1-3H3;3-4H,6H2,1-2H3;1-2H3. The molecule has 47 heavy (non-hydrogen) atoms. The summed E-state index contributed by atoms with van der Waals surface area (Å²) in [7, 11) is 0. The van der Waals surface area contributed by atoms with Gasteiger partial charge < -0.3 is 23.8 Å². The van der Waals surface area contributed by atoms with Crippen LogP contribution in [0.25, 0.3) is 16.7 Å². The minimum atomic E-state index is -4.44. The summed E-state index contributed by atoms with van der Waals surface area (Å²) >= 11 is 5.26. The van der Waals surface area contributed by atoms with Crippen LogP contribution in [0.2, 0.25) is 0 Å². The zero-order valence-electron chi connectivity index (χ0n) is 26.3. The molecule has 0 aliphatic heterocycles. The molecule has 3 aromatic rings. The van der Waals surface area contributed by atoms with E-state index in [1.165, 1.54) is 70.9 Å². The van der Waals surface area contributed by atoms with E-state index in [9.17, 15) is 50.6 Å². The fourth-order valence-corrected chi connectivity index (χ4v) is 4.28. The molecule has 0 unspecified atom stereocenters. The maximum atomic E-state index is 12.2. The number of benzene rings is 2. The molecule has 0 aliphatic rings. The second kappa shape index (κ2) is 16.8. The van der Waals surface area contributed by atoms with Gasteiger partial charge in [-0.05, 0) is 112 Å². The third-order valence-electron chi connectivity index (χ3n) is 5.67. The van der Waals surface area contributed by atoms with E-state index < -0.39 is 36.4 Å². The van der Waals surface area contributed by atoms with Crippen LogP contribution >= 0.6 is 11.6 Å². The molecule has 2 aromatic carbocycles. The molecule has 0 radical (unpaired) electrons. The molecule has 0 saturated carbocycles. The summed E-state index contributed by atoms with van der Waals surface area (Å²) in [6.45, 7) is 8.04. The molecule has 8 nitrogen and oxygen atoms in total. The SMILES string of the molecule is CC(C)=O.Cc1cc(O)c(-c2c(C)cc(OCC(F)(F)F)cc2C)c(=O)o1.Cc1cc(OCC(F)(F)F)cc(C)c1C(=C=O)C(=O)Cl. The highest BCUT2D eigenvalue weighted by molar-refractivity contribution is 6.75. The van der Waals surface area contributed by atoms with Crippen molar-refractivity contribution in [1.29, 1.82) is 0 Å². The van der Waals surface area contributed by atoms with Crippen LogP contribution in [0, 0.1) is 34.6 Å². The lowest BCUT2D eigenvalue weighted by molar-refractivity contribution is -0.154. The van der Waals surface area contributed by atoms with Gasteiger partial charge in [0.25, 0.3) is 5.24 Å². The first kappa shape index (κ1) is 40.5. The lowest BCUT2D eigenvalue weighted by Crippen LogP contribution is -2.19. The van der Waals surface area contributed by atoms with Gasteiger partial charge in [0.1, 0.15) is 45.9 Å². The van der Waals surface area contributed by atoms with E-state index in [1.807, 2.05) is 0 Å².